The Morgan fingerprint density at radius 3 is 2.59 bits per heavy atom. The van der Waals surface area contributed by atoms with E-state index in [0.29, 0.717) is 16.1 Å². The van der Waals surface area contributed by atoms with Crippen LogP contribution in [-0.4, -0.2) is 21.0 Å². The summed E-state index contributed by atoms with van der Waals surface area (Å²) in [5.74, 6) is -0.561. The second-order valence-electron chi connectivity index (χ2n) is 5.73. The van der Waals surface area contributed by atoms with Crippen molar-refractivity contribution in [1.82, 2.24) is 15.3 Å². The molecule has 0 spiro atoms. The van der Waals surface area contributed by atoms with E-state index in [2.05, 4.69) is 15.3 Å². The molecule has 0 fully saturated rings. The number of benzene rings is 2. The highest BCUT2D eigenvalue weighted by molar-refractivity contribution is 6.30. The normalized spacial score (nSPS) is 12.4. The number of nitrogens with zero attached hydrogens (tertiary/aromatic N) is 2. The molecule has 0 saturated carbocycles. The number of aliphatic hydroxyl groups is 1. The fourth-order valence-corrected chi connectivity index (χ4v) is 2.63. The fraction of sp³-hybridized carbons (Fsp3) is 0.0500. The first-order valence-electron chi connectivity index (χ1n) is 8.01. The van der Waals surface area contributed by atoms with Crippen LogP contribution < -0.4 is 5.32 Å². The zero-order chi connectivity index (χ0) is 19.4. The molecule has 1 aromatic heterocycles. The van der Waals surface area contributed by atoms with Crippen LogP contribution in [0.2, 0.25) is 5.02 Å². The zero-order valence-electron chi connectivity index (χ0n) is 14.3. The van der Waals surface area contributed by atoms with Gasteiger partial charge in [0.05, 0.1) is 16.7 Å². The molecule has 0 aliphatic carbocycles. The molecular formula is C20H15ClN4O2. The van der Waals surface area contributed by atoms with Gasteiger partial charge in [-0.05, 0) is 35.9 Å². The maximum Gasteiger partial charge on any atom is 0.221 e. The minimum absolute atomic E-state index is 0.0832. The second kappa shape index (κ2) is 7.77. The summed E-state index contributed by atoms with van der Waals surface area (Å²) in [6.45, 7) is 1.32. The highest BCUT2D eigenvalue weighted by Crippen LogP contribution is 2.23. The molecule has 0 bridgehead atoms. The lowest BCUT2D eigenvalue weighted by Gasteiger charge is -2.09. The van der Waals surface area contributed by atoms with Crippen molar-refractivity contribution in [1.29, 1.82) is 5.26 Å². The molecule has 3 aromatic rings. The Bertz CT molecular complexity index is 1070. The molecule has 0 unspecified atom stereocenters. The SMILES string of the molecule is CC(=O)N/C(=C/c1ccc(Cl)cc1)C(O)=C(C#N)c1nc2ccccc2[nH]1. The van der Waals surface area contributed by atoms with Gasteiger partial charge in [0.2, 0.25) is 5.91 Å². The number of nitriles is 1. The number of carbonyl (C=O) groups is 1. The number of hydrogen-bond acceptors (Lipinski definition) is 4. The average Bonchev–Trinajstić information content (AvgIpc) is 3.06. The first-order chi connectivity index (χ1) is 13.0. The standard InChI is InChI=1S/C20H15ClN4O2/c1-12(26)23-18(10-13-6-8-14(21)9-7-13)19(27)15(11-22)20-24-16-4-2-3-5-17(16)25-20/h2-10,27H,1H3,(H,23,26)(H,24,25)/b18-10+,19-15?. The average molecular weight is 379 g/mol. The van der Waals surface area contributed by atoms with E-state index in [1.807, 2.05) is 24.3 Å². The van der Waals surface area contributed by atoms with Gasteiger partial charge in [-0.1, -0.05) is 35.9 Å². The Kier molecular flexibility index (Phi) is 5.25. The van der Waals surface area contributed by atoms with E-state index >= 15 is 0 Å². The molecule has 1 amide bonds. The molecule has 134 valence electrons. The third-order valence-electron chi connectivity index (χ3n) is 3.72. The molecule has 3 rings (SSSR count). The molecule has 0 atom stereocenters. The predicted octanol–water partition coefficient (Wildman–Crippen LogP) is 4.19. The number of aromatic amines is 1. The van der Waals surface area contributed by atoms with Crippen molar-refractivity contribution < 1.29 is 9.90 Å². The number of H-pyrrole nitrogens is 1. The summed E-state index contributed by atoms with van der Waals surface area (Å²) in [5, 5.41) is 23.4. The second-order valence-corrected chi connectivity index (χ2v) is 6.17. The number of amides is 1. The summed E-state index contributed by atoms with van der Waals surface area (Å²) in [5.41, 5.74) is 2.09. The van der Waals surface area contributed by atoms with Crippen molar-refractivity contribution in [3.63, 3.8) is 0 Å². The maximum absolute atomic E-state index is 11.6. The Morgan fingerprint density at radius 1 is 1.26 bits per heavy atom. The summed E-state index contributed by atoms with van der Waals surface area (Å²) < 4.78 is 0. The highest BCUT2D eigenvalue weighted by Gasteiger charge is 2.17. The van der Waals surface area contributed by atoms with Crippen LogP contribution in [0.3, 0.4) is 0 Å². The van der Waals surface area contributed by atoms with Gasteiger partial charge in [0.25, 0.3) is 0 Å². The van der Waals surface area contributed by atoms with Crippen LogP contribution in [0.4, 0.5) is 0 Å². The number of hydrogen-bond donors (Lipinski definition) is 3. The molecule has 1 heterocycles. The Balaban J connectivity index is 2.11. The van der Waals surface area contributed by atoms with Crippen LogP contribution in [0.5, 0.6) is 0 Å². The highest BCUT2D eigenvalue weighted by atomic mass is 35.5. The minimum atomic E-state index is -0.387. The van der Waals surface area contributed by atoms with Crippen molar-refractivity contribution in [2.45, 2.75) is 6.92 Å². The summed E-state index contributed by atoms with van der Waals surface area (Å²) in [4.78, 5) is 18.9. The van der Waals surface area contributed by atoms with Crippen LogP contribution in [-0.2, 0) is 4.79 Å². The van der Waals surface area contributed by atoms with Crippen molar-refractivity contribution in [2.75, 3.05) is 0 Å². The third-order valence-corrected chi connectivity index (χ3v) is 3.97. The van der Waals surface area contributed by atoms with E-state index in [1.165, 1.54) is 6.92 Å². The number of aromatic nitrogens is 2. The molecule has 0 aliphatic heterocycles. The maximum atomic E-state index is 11.6. The van der Waals surface area contributed by atoms with Gasteiger partial charge in [0.1, 0.15) is 11.6 Å². The van der Waals surface area contributed by atoms with Gasteiger partial charge in [0.15, 0.2) is 11.6 Å². The third kappa shape index (κ3) is 4.17. The van der Waals surface area contributed by atoms with Crippen LogP contribution >= 0.6 is 11.6 Å². The summed E-state index contributed by atoms with van der Waals surface area (Å²) in [6, 6.07) is 16.0. The van der Waals surface area contributed by atoms with E-state index in [1.54, 1.807) is 36.4 Å². The lowest BCUT2D eigenvalue weighted by Crippen LogP contribution is -2.21. The minimum Gasteiger partial charge on any atom is -0.504 e. The summed E-state index contributed by atoms with van der Waals surface area (Å²) in [6.07, 6.45) is 1.55. The lowest BCUT2D eigenvalue weighted by molar-refractivity contribution is -0.118. The monoisotopic (exact) mass is 378 g/mol. The first kappa shape index (κ1) is 18.2. The summed E-state index contributed by atoms with van der Waals surface area (Å²) >= 11 is 5.88. The number of nitrogens with one attached hydrogen (secondary N) is 2. The van der Waals surface area contributed by atoms with Gasteiger partial charge in [-0.2, -0.15) is 5.26 Å². The lowest BCUT2D eigenvalue weighted by atomic mass is 10.1. The van der Waals surface area contributed by atoms with Gasteiger partial charge >= 0.3 is 0 Å². The Morgan fingerprint density at radius 2 is 1.96 bits per heavy atom. The number of aliphatic hydroxyl groups excluding tert-OH is 1. The zero-order valence-corrected chi connectivity index (χ0v) is 15.1. The number of allylic oxidation sites excluding steroid dienone is 1. The number of carbonyl (C=O) groups excluding carboxylic acids is 1. The van der Waals surface area contributed by atoms with Gasteiger partial charge in [-0.15, -0.1) is 0 Å². The molecule has 0 aliphatic rings. The number of rotatable bonds is 4. The van der Waals surface area contributed by atoms with Gasteiger partial charge in [-0.25, -0.2) is 4.98 Å². The largest absolute Gasteiger partial charge is 0.504 e. The van der Waals surface area contributed by atoms with Crippen molar-refractivity contribution in [2.24, 2.45) is 0 Å². The van der Waals surface area contributed by atoms with E-state index in [0.717, 1.165) is 5.52 Å². The number of para-hydroxylation sites is 2. The molecule has 2 aromatic carbocycles. The number of halogens is 1. The first-order valence-corrected chi connectivity index (χ1v) is 8.39. The Hall–Kier alpha value is -3.56. The van der Waals surface area contributed by atoms with Crippen LogP contribution in [0, 0.1) is 11.3 Å². The van der Waals surface area contributed by atoms with Gasteiger partial charge in [0, 0.05) is 11.9 Å². The topological polar surface area (TPSA) is 102 Å². The number of fused-ring (bicyclic) bond motifs is 1. The smallest absolute Gasteiger partial charge is 0.221 e. The van der Waals surface area contributed by atoms with Crippen LogP contribution in [0.1, 0.15) is 18.3 Å². The van der Waals surface area contributed by atoms with Crippen LogP contribution in [0.25, 0.3) is 22.7 Å². The predicted molar refractivity (Wildman–Crippen MR) is 105 cm³/mol. The van der Waals surface area contributed by atoms with Gasteiger partial charge in [-0.3, -0.25) is 4.79 Å². The molecule has 3 N–H and O–H groups in total. The number of imidazole rings is 1. The molecule has 0 radical (unpaired) electrons. The summed E-state index contributed by atoms with van der Waals surface area (Å²) in [7, 11) is 0. The van der Waals surface area contributed by atoms with Crippen LogP contribution in [0.15, 0.2) is 60.0 Å². The quantitative estimate of drug-likeness (QED) is 0.360. The van der Waals surface area contributed by atoms with Crippen molar-refractivity contribution in [3.8, 4) is 6.07 Å². The molecule has 6 nitrogen and oxygen atoms in total. The van der Waals surface area contributed by atoms with Gasteiger partial charge < -0.3 is 15.4 Å². The molecule has 7 heteroatoms. The Labute approximate surface area is 160 Å². The molecular weight excluding hydrogens is 364 g/mol. The van der Waals surface area contributed by atoms with E-state index in [-0.39, 0.29) is 28.8 Å². The molecule has 27 heavy (non-hydrogen) atoms. The van der Waals surface area contributed by atoms with E-state index < -0.39 is 0 Å². The van der Waals surface area contributed by atoms with E-state index in [4.69, 9.17) is 11.6 Å². The van der Waals surface area contributed by atoms with Crippen molar-refractivity contribution in [3.05, 3.63) is 76.4 Å². The van der Waals surface area contributed by atoms with E-state index in [9.17, 15) is 15.2 Å². The molecule has 0 saturated heterocycles. The fourth-order valence-electron chi connectivity index (χ4n) is 2.50. The van der Waals surface area contributed by atoms with Crippen molar-refractivity contribution >= 4 is 40.2 Å².